The van der Waals surface area contributed by atoms with Crippen molar-refractivity contribution in [3.05, 3.63) is 65.7 Å². The lowest BCUT2D eigenvalue weighted by Crippen LogP contribution is -2.13. The zero-order valence-corrected chi connectivity index (χ0v) is 16.7. The number of methoxy groups -OCH3 is 1. The van der Waals surface area contributed by atoms with E-state index in [9.17, 15) is 18.0 Å². The lowest BCUT2D eigenvalue weighted by Gasteiger charge is -2.07. The van der Waals surface area contributed by atoms with Crippen LogP contribution >= 0.6 is 0 Å². The molecule has 31 heavy (non-hydrogen) atoms. The highest BCUT2D eigenvalue weighted by Gasteiger charge is 2.30. The summed E-state index contributed by atoms with van der Waals surface area (Å²) in [4.78, 5) is 12.4. The van der Waals surface area contributed by atoms with Gasteiger partial charge in [-0.1, -0.05) is 6.07 Å². The van der Waals surface area contributed by atoms with Crippen molar-refractivity contribution in [2.24, 2.45) is 0 Å². The van der Waals surface area contributed by atoms with E-state index < -0.39 is 17.6 Å². The fraction of sp³-hybridized carbons (Fsp3) is 0.182. The molecule has 0 fully saturated rings. The van der Waals surface area contributed by atoms with Crippen molar-refractivity contribution >= 4 is 22.6 Å². The summed E-state index contributed by atoms with van der Waals surface area (Å²) in [5.74, 6) is 0.463. The van der Waals surface area contributed by atoms with Gasteiger partial charge in [0.15, 0.2) is 5.82 Å². The van der Waals surface area contributed by atoms with Gasteiger partial charge in [-0.05, 0) is 49.4 Å². The second kappa shape index (κ2) is 7.82. The van der Waals surface area contributed by atoms with E-state index in [1.54, 1.807) is 13.2 Å². The summed E-state index contributed by atoms with van der Waals surface area (Å²) >= 11 is 0. The smallest absolute Gasteiger partial charge is 0.416 e. The van der Waals surface area contributed by atoms with Crippen LogP contribution in [-0.2, 0) is 12.7 Å². The van der Waals surface area contributed by atoms with Crippen LogP contribution in [0.2, 0.25) is 0 Å². The first-order valence-corrected chi connectivity index (χ1v) is 9.52. The Hall–Kier alpha value is -3.75. The number of aromatic nitrogens is 3. The number of fused-ring (bicyclic) bond motifs is 1. The number of nitrogens with one attached hydrogen (secondary N) is 2. The average molecular weight is 428 g/mol. The van der Waals surface area contributed by atoms with E-state index in [0.29, 0.717) is 12.2 Å². The Balaban J connectivity index is 1.59. The zero-order chi connectivity index (χ0) is 22.2. The summed E-state index contributed by atoms with van der Waals surface area (Å²) in [5.41, 5.74) is 1.84. The predicted octanol–water partition coefficient (Wildman–Crippen LogP) is 5.33. The third kappa shape index (κ3) is 3.86. The molecule has 9 heteroatoms. The minimum Gasteiger partial charge on any atom is -0.496 e. The number of anilines is 1. The molecule has 4 aromatic rings. The molecule has 0 radical (unpaired) electrons. The maximum atomic E-state index is 12.7. The van der Waals surface area contributed by atoms with Gasteiger partial charge in [-0.15, -0.1) is 0 Å². The molecule has 0 aliphatic carbocycles. The van der Waals surface area contributed by atoms with Crippen LogP contribution in [0, 0.1) is 0 Å². The van der Waals surface area contributed by atoms with Gasteiger partial charge in [0.25, 0.3) is 5.91 Å². The summed E-state index contributed by atoms with van der Waals surface area (Å²) < 4.78 is 45.6. The lowest BCUT2D eigenvalue weighted by atomic mass is 10.1. The van der Waals surface area contributed by atoms with Crippen molar-refractivity contribution in [3.8, 4) is 17.1 Å². The van der Waals surface area contributed by atoms with Gasteiger partial charge >= 0.3 is 6.18 Å². The summed E-state index contributed by atoms with van der Waals surface area (Å²) in [7, 11) is 1.61. The van der Waals surface area contributed by atoms with E-state index in [2.05, 4.69) is 20.1 Å². The van der Waals surface area contributed by atoms with Crippen LogP contribution in [0.5, 0.6) is 5.75 Å². The molecule has 0 aliphatic heterocycles. The molecule has 0 spiro atoms. The Labute approximate surface area is 175 Å². The second-order valence-corrected chi connectivity index (χ2v) is 6.86. The molecular formula is C22H19F3N4O2. The molecule has 0 atom stereocenters. The SMILES string of the molecule is CCn1c(-c2cc(NC(=O)c3ccc(C(F)(F)F)cc3)n[nH]2)cc2c(OC)cccc21. The van der Waals surface area contributed by atoms with Gasteiger partial charge in [-0.2, -0.15) is 18.3 Å². The number of alkyl halides is 3. The maximum Gasteiger partial charge on any atom is 0.416 e. The summed E-state index contributed by atoms with van der Waals surface area (Å²) in [6, 6.07) is 13.5. The second-order valence-electron chi connectivity index (χ2n) is 6.86. The van der Waals surface area contributed by atoms with E-state index in [0.717, 1.165) is 46.6 Å². The number of amides is 1. The Kier molecular flexibility index (Phi) is 5.18. The highest BCUT2D eigenvalue weighted by atomic mass is 19.4. The molecule has 0 saturated heterocycles. The molecule has 0 saturated carbocycles. The van der Waals surface area contributed by atoms with Gasteiger partial charge in [0, 0.05) is 23.6 Å². The largest absolute Gasteiger partial charge is 0.496 e. The molecule has 2 aromatic carbocycles. The number of nitrogens with zero attached hydrogens (tertiary/aromatic N) is 2. The van der Waals surface area contributed by atoms with Gasteiger partial charge < -0.3 is 14.6 Å². The van der Waals surface area contributed by atoms with E-state index in [1.165, 1.54) is 0 Å². The van der Waals surface area contributed by atoms with Crippen LogP contribution < -0.4 is 10.1 Å². The first kappa shape index (κ1) is 20.5. The van der Waals surface area contributed by atoms with Crippen LogP contribution in [-0.4, -0.2) is 27.8 Å². The first-order chi connectivity index (χ1) is 14.8. The molecule has 0 aliphatic rings. The van der Waals surface area contributed by atoms with Crippen LogP contribution in [0.4, 0.5) is 19.0 Å². The van der Waals surface area contributed by atoms with Crippen molar-refractivity contribution in [2.45, 2.75) is 19.6 Å². The highest BCUT2D eigenvalue weighted by Crippen LogP contribution is 2.34. The third-order valence-corrected chi connectivity index (χ3v) is 5.01. The molecule has 2 aromatic heterocycles. The highest BCUT2D eigenvalue weighted by molar-refractivity contribution is 6.04. The molecule has 4 rings (SSSR count). The number of carbonyl (C=O) groups is 1. The van der Waals surface area contributed by atoms with Gasteiger partial charge in [-0.3, -0.25) is 9.89 Å². The maximum absolute atomic E-state index is 12.7. The van der Waals surface area contributed by atoms with E-state index in [-0.39, 0.29) is 11.4 Å². The van der Waals surface area contributed by atoms with Crippen LogP contribution in [0.3, 0.4) is 0 Å². The number of H-pyrrole nitrogens is 1. The van der Waals surface area contributed by atoms with Crippen molar-refractivity contribution in [2.75, 3.05) is 12.4 Å². The van der Waals surface area contributed by atoms with E-state index >= 15 is 0 Å². The number of aryl methyl sites for hydroxylation is 1. The molecule has 6 nitrogen and oxygen atoms in total. The molecule has 0 unspecified atom stereocenters. The van der Waals surface area contributed by atoms with Crippen molar-refractivity contribution in [1.29, 1.82) is 0 Å². The number of rotatable bonds is 5. The molecular weight excluding hydrogens is 409 g/mol. The molecule has 1 amide bonds. The molecule has 160 valence electrons. The van der Waals surface area contributed by atoms with Gasteiger partial charge in [0.05, 0.1) is 29.6 Å². The minimum absolute atomic E-state index is 0.102. The Morgan fingerprint density at radius 1 is 1.16 bits per heavy atom. The van der Waals surface area contributed by atoms with Gasteiger partial charge in [-0.25, -0.2) is 0 Å². The number of benzene rings is 2. The summed E-state index contributed by atoms with van der Waals surface area (Å²) in [6.07, 6.45) is -4.45. The number of aromatic amines is 1. The van der Waals surface area contributed by atoms with Crippen molar-refractivity contribution in [1.82, 2.24) is 14.8 Å². The van der Waals surface area contributed by atoms with Crippen LogP contribution in [0.25, 0.3) is 22.3 Å². The van der Waals surface area contributed by atoms with Crippen molar-refractivity contribution in [3.63, 3.8) is 0 Å². The van der Waals surface area contributed by atoms with Gasteiger partial charge in [0.2, 0.25) is 0 Å². The Morgan fingerprint density at radius 3 is 2.55 bits per heavy atom. The van der Waals surface area contributed by atoms with Crippen molar-refractivity contribution < 1.29 is 22.7 Å². The molecule has 2 N–H and O–H groups in total. The number of carbonyl (C=O) groups excluding carboxylic acids is 1. The Bertz CT molecular complexity index is 1240. The molecule has 2 heterocycles. The van der Waals surface area contributed by atoms with Crippen LogP contribution in [0.15, 0.2) is 54.6 Å². The first-order valence-electron chi connectivity index (χ1n) is 9.52. The van der Waals surface area contributed by atoms with E-state index in [1.807, 2.05) is 31.2 Å². The number of hydrogen-bond donors (Lipinski definition) is 2. The quantitative estimate of drug-likeness (QED) is 0.451. The lowest BCUT2D eigenvalue weighted by molar-refractivity contribution is -0.137. The van der Waals surface area contributed by atoms with Crippen LogP contribution in [0.1, 0.15) is 22.8 Å². The minimum atomic E-state index is -4.45. The van der Waals surface area contributed by atoms with E-state index in [4.69, 9.17) is 4.74 Å². The standard InChI is InChI=1S/C22H19F3N4O2/c1-3-29-17-5-4-6-19(31-2)15(17)11-18(29)16-12-20(28-27-16)26-21(30)13-7-9-14(10-8-13)22(23,24)25/h4-12H,3H2,1-2H3,(H2,26,27,28,30). The van der Waals surface area contributed by atoms with Gasteiger partial charge in [0.1, 0.15) is 5.75 Å². The normalized spacial score (nSPS) is 11.6. The predicted molar refractivity (Wildman–Crippen MR) is 111 cm³/mol. The number of ether oxygens (including phenoxy) is 1. The summed E-state index contributed by atoms with van der Waals surface area (Å²) in [6.45, 7) is 2.73. The zero-order valence-electron chi connectivity index (χ0n) is 16.7. The average Bonchev–Trinajstić information content (AvgIpc) is 3.36. The molecule has 0 bridgehead atoms. The fourth-order valence-electron chi connectivity index (χ4n) is 3.52. The topological polar surface area (TPSA) is 71.9 Å². The number of hydrogen-bond acceptors (Lipinski definition) is 3. The fourth-order valence-corrected chi connectivity index (χ4v) is 3.52. The summed E-state index contributed by atoms with van der Waals surface area (Å²) in [5, 5.41) is 10.6. The number of halogens is 3. The monoisotopic (exact) mass is 428 g/mol. The Morgan fingerprint density at radius 2 is 1.90 bits per heavy atom. The third-order valence-electron chi connectivity index (χ3n) is 5.01.